The Morgan fingerprint density at radius 1 is 1.17 bits per heavy atom. The predicted molar refractivity (Wildman–Crippen MR) is 92.4 cm³/mol. The molecule has 6 heteroatoms. The van der Waals surface area contributed by atoms with E-state index in [9.17, 15) is 9.90 Å². The van der Waals surface area contributed by atoms with E-state index in [0.717, 1.165) is 11.3 Å². The molecule has 1 heterocycles. The summed E-state index contributed by atoms with van der Waals surface area (Å²) in [7, 11) is 0. The molecule has 1 fully saturated rings. The van der Waals surface area contributed by atoms with E-state index in [1.54, 1.807) is 29.2 Å². The lowest BCUT2D eigenvalue weighted by Crippen LogP contribution is -2.55. The number of hydrogen-bond acceptors (Lipinski definition) is 3. The monoisotopic (exact) mass is 346 g/mol. The van der Waals surface area contributed by atoms with Crippen molar-refractivity contribution >= 4 is 17.6 Å². The van der Waals surface area contributed by atoms with E-state index in [1.165, 1.54) is 0 Å². The van der Waals surface area contributed by atoms with Crippen LogP contribution in [0.5, 0.6) is 11.5 Å². The third kappa shape index (κ3) is 4.32. The first-order valence-electron chi connectivity index (χ1n) is 7.79. The third-order valence-corrected chi connectivity index (χ3v) is 4.18. The molecular formula is C18H19ClN2O3. The first kappa shape index (κ1) is 16.5. The number of benzene rings is 2. The number of urea groups is 1. The van der Waals surface area contributed by atoms with Crippen molar-refractivity contribution in [2.24, 2.45) is 5.92 Å². The molecule has 0 atom stereocenters. The van der Waals surface area contributed by atoms with Crippen LogP contribution in [-0.2, 0) is 6.54 Å². The zero-order valence-electron chi connectivity index (χ0n) is 13.1. The fourth-order valence-electron chi connectivity index (χ4n) is 2.49. The number of likely N-dealkylation sites (tertiary alicyclic amines) is 1. The highest BCUT2D eigenvalue weighted by atomic mass is 35.5. The Hall–Kier alpha value is -2.40. The number of phenols is 1. The van der Waals surface area contributed by atoms with Gasteiger partial charge in [-0.05, 0) is 42.0 Å². The van der Waals surface area contributed by atoms with Crippen molar-refractivity contribution < 1.29 is 14.6 Å². The Morgan fingerprint density at radius 2 is 1.83 bits per heavy atom. The average molecular weight is 347 g/mol. The van der Waals surface area contributed by atoms with Gasteiger partial charge in [0.15, 0.2) is 0 Å². The van der Waals surface area contributed by atoms with Gasteiger partial charge in [0, 0.05) is 30.6 Å². The lowest BCUT2D eigenvalue weighted by molar-refractivity contribution is 0.0854. The summed E-state index contributed by atoms with van der Waals surface area (Å²) in [6, 6.07) is 14.0. The molecule has 0 radical (unpaired) electrons. The van der Waals surface area contributed by atoms with Gasteiger partial charge >= 0.3 is 6.03 Å². The van der Waals surface area contributed by atoms with Gasteiger partial charge < -0.3 is 20.1 Å². The summed E-state index contributed by atoms with van der Waals surface area (Å²) in [6.45, 7) is 2.42. The van der Waals surface area contributed by atoms with E-state index in [-0.39, 0.29) is 11.8 Å². The topological polar surface area (TPSA) is 61.8 Å². The second-order valence-electron chi connectivity index (χ2n) is 5.86. The molecule has 2 aromatic carbocycles. The number of amides is 2. The molecule has 0 spiro atoms. The molecule has 2 N–H and O–H groups in total. The summed E-state index contributed by atoms with van der Waals surface area (Å²) in [5.41, 5.74) is 1.01. The fourth-order valence-corrected chi connectivity index (χ4v) is 2.62. The molecule has 126 valence electrons. The number of phenolic OH excluding ortho intramolecular Hbond substituents is 1. The van der Waals surface area contributed by atoms with Crippen LogP contribution in [0.3, 0.4) is 0 Å². The van der Waals surface area contributed by atoms with E-state index >= 15 is 0 Å². The molecule has 1 aliphatic heterocycles. The van der Waals surface area contributed by atoms with E-state index in [0.29, 0.717) is 37.2 Å². The van der Waals surface area contributed by atoms with Gasteiger partial charge in [-0.2, -0.15) is 0 Å². The van der Waals surface area contributed by atoms with E-state index < -0.39 is 0 Å². The maximum atomic E-state index is 12.0. The third-order valence-electron chi connectivity index (χ3n) is 3.92. The van der Waals surface area contributed by atoms with Gasteiger partial charge in [-0.15, -0.1) is 0 Å². The maximum Gasteiger partial charge on any atom is 0.317 e. The number of carbonyl (C=O) groups is 1. The summed E-state index contributed by atoms with van der Waals surface area (Å²) < 4.78 is 5.65. The standard InChI is InChI=1S/C18H19ClN2O3/c19-15-3-1-13(2-4-15)9-20-18(23)21-10-14(11-21)12-24-17-7-5-16(22)6-8-17/h1-8,14,22H,9-12H2,(H,20,23). The molecule has 2 amide bonds. The molecule has 5 nitrogen and oxygen atoms in total. The van der Waals surface area contributed by atoms with Crippen molar-refractivity contribution in [2.45, 2.75) is 6.54 Å². The molecule has 0 unspecified atom stereocenters. The van der Waals surface area contributed by atoms with Crippen molar-refractivity contribution in [3.05, 3.63) is 59.1 Å². The largest absolute Gasteiger partial charge is 0.508 e. The maximum absolute atomic E-state index is 12.0. The van der Waals surface area contributed by atoms with Crippen LogP contribution in [0.25, 0.3) is 0 Å². The molecule has 0 saturated carbocycles. The highest BCUT2D eigenvalue weighted by molar-refractivity contribution is 6.30. The number of hydrogen-bond donors (Lipinski definition) is 2. The highest BCUT2D eigenvalue weighted by Crippen LogP contribution is 2.20. The summed E-state index contributed by atoms with van der Waals surface area (Å²) in [4.78, 5) is 13.8. The Kier molecular flexibility index (Phi) is 5.11. The SMILES string of the molecule is O=C(NCc1ccc(Cl)cc1)N1CC(COc2ccc(O)cc2)C1. The molecule has 24 heavy (non-hydrogen) atoms. The summed E-state index contributed by atoms with van der Waals surface area (Å²) in [5, 5.41) is 12.8. The average Bonchev–Trinajstić information content (AvgIpc) is 2.54. The Bertz CT molecular complexity index is 682. The fraction of sp³-hybridized carbons (Fsp3) is 0.278. The van der Waals surface area contributed by atoms with Gasteiger partial charge in [-0.1, -0.05) is 23.7 Å². The number of nitrogens with zero attached hydrogens (tertiary/aromatic N) is 1. The molecule has 3 rings (SSSR count). The summed E-state index contributed by atoms with van der Waals surface area (Å²) >= 11 is 5.83. The zero-order valence-corrected chi connectivity index (χ0v) is 13.9. The smallest absolute Gasteiger partial charge is 0.317 e. The number of nitrogens with one attached hydrogen (secondary N) is 1. The lowest BCUT2D eigenvalue weighted by Gasteiger charge is -2.38. The number of carbonyl (C=O) groups excluding carboxylic acids is 1. The van der Waals surface area contributed by atoms with Gasteiger partial charge in [0.1, 0.15) is 11.5 Å². The van der Waals surface area contributed by atoms with Gasteiger partial charge in [-0.3, -0.25) is 0 Å². The number of halogens is 1. The molecule has 0 bridgehead atoms. The van der Waals surface area contributed by atoms with E-state index in [4.69, 9.17) is 16.3 Å². The van der Waals surface area contributed by atoms with Gasteiger partial charge in [0.2, 0.25) is 0 Å². The summed E-state index contributed by atoms with van der Waals surface area (Å²) in [6.07, 6.45) is 0. The van der Waals surface area contributed by atoms with Crippen LogP contribution in [-0.4, -0.2) is 35.7 Å². The minimum absolute atomic E-state index is 0.0640. The highest BCUT2D eigenvalue weighted by Gasteiger charge is 2.30. The Morgan fingerprint density at radius 3 is 2.50 bits per heavy atom. The van der Waals surface area contributed by atoms with Crippen LogP contribution in [0, 0.1) is 5.92 Å². The first-order valence-corrected chi connectivity index (χ1v) is 8.17. The summed E-state index contributed by atoms with van der Waals surface area (Å²) in [5.74, 6) is 1.27. The van der Waals surface area contributed by atoms with Crippen molar-refractivity contribution in [3.63, 3.8) is 0 Å². The minimum Gasteiger partial charge on any atom is -0.508 e. The predicted octanol–water partition coefficient (Wildman–Crippen LogP) is 3.27. The van der Waals surface area contributed by atoms with Gasteiger partial charge in [0.05, 0.1) is 6.61 Å². The van der Waals surface area contributed by atoms with Crippen LogP contribution < -0.4 is 10.1 Å². The molecule has 0 aliphatic carbocycles. The van der Waals surface area contributed by atoms with E-state index in [2.05, 4.69) is 5.32 Å². The molecule has 1 aliphatic rings. The van der Waals surface area contributed by atoms with Crippen LogP contribution in [0.4, 0.5) is 4.79 Å². The minimum atomic E-state index is -0.0640. The van der Waals surface area contributed by atoms with Crippen molar-refractivity contribution in [3.8, 4) is 11.5 Å². The molecule has 2 aromatic rings. The lowest BCUT2D eigenvalue weighted by atomic mass is 10.0. The first-order chi connectivity index (χ1) is 11.6. The number of aromatic hydroxyl groups is 1. The van der Waals surface area contributed by atoms with Gasteiger partial charge in [0.25, 0.3) is 0 Å². The Balaban J connectivity index is 1.35. The normalized spacial score (nSPS) is 14.1. The molecule has 0 aromatic heterocycles. The van der Waals surface area contributed by atoms with Gasteiger partial charge in [-0.25, -0.2) is 4.79 Å². The Labute approximate surface area is 145 Å². The second-order valence-corrected chi connectivity index (χ2v) is 6.30. The van der Waals surface area contributed by atoms with Crippen molar-refractivity contribution in [1.82, 2.24) is 10.2 Å². The molecular weight excluding hydrogens is 328 g/mol. The van der Waals surface area contributed by atoms with Crippen LogP contribution in [0.1, 0.15) is 5.56 Å². The second kappa shape index (κ2) is 7.45. The quantitative estimate of drug-likeness (QED) is 0.873. The van der Waals surface area contributed by atoms with Crippen molar-refractivity contribution in [2.75, 3.05) is 19.7 Å². The van der Waals surface area contributed by atoms with Crippen LogP contribution in [0.15, 0.2) is 48.5 Å². The van der Waals surface area contributed by atoms with Crippen LogP contribution >= 0.6 is 11.6 Å². The van der Waals surface area contributed by atoms with Crippen molar-refractivity contribution in [1.29, 1.82) is 0 Å². The van der Waals surface area contributed by atoms with E-state index in [1.807, 2.05) is 24.3 Å². The van der Waals surface area contributed by atoms with Crippen LogP contribution in [0.2, 0.25) is 5.02 Å². The number of ether oxygens (including phenoxy) is 1. The molecule has 1 saturated heterocycles. The zero-order chi connectivity index (χ0) is 16.9. The number of rotatable bonds is 5.